The van der Waals surface area contributed by atoms with Crippen molar-refractivity contribution in [3.8, 4) is 0 Å². The van der Waals surface area contributed by atoms with Gasteiger partial charge in [-0.3, -0.25) is 9.52 Å². The van der Waals surface area contributed by atoms with Gasteiger partial charge in [0.05, 0.1) is 17.6 Å². The number of benzene rings is 1. The summed E-state index contributed by atoms with van der Waals surface area (Å²) in [5.74, 6) is -0.121. The Bertz CT molecular complexity index is 701. The van der Waals surface area contributed by atoms with E-state index in [2.05, 4.69) is 10.0 Å². The normalized spacial score (nSPS) is 16.6. The van der Waals surface area contributed by atoms with Crippen LogP contribution in [0, 0.1) is 12.3 Å². The van der Waals surface area contributed by atoms with Crippen molar-refractivity contribution in [1.82, 2.24) is 0 Å². The zero-order valence-corrected chi connectivity index (χ0v) is 16.4. The monoisotopic (exact) mass is 389 g/mol. The van der Waals surface area contributed by atoms with Crippen LogP contribution in [0.5, 0.6) is 0 Å². The minimum atomic E-state index is -3.41. The second kappa shape index (κ2) is 8.87. The first-order chi connectivity index (χ1) is 11.2. The number of hydrogen-bond acceptors (Lipinski definition) is 4. The van der Waals surface area contributed by atoms with Crippen LogP contribution < -0.4 is 15.8 Å². The zero-order chi connectivity index (χ0) is 17.8. The number of halogens is 1. The zero-order valence-electron chi connectivity index (χ0n) is 14.8. The molecule has 1 fully saturated rings. The number of nitrogens with two attached hydrogens (primary N) is 1. The highest BCUT2D eigenvalue weighted by Gasteiger charge is 2.33. The van der Waals surface area contributed by atoms with Gasteiger partial charge in [0.2, 0.25) is 15.9 Å². The summed E-state index contributed by atoms with van der Waals surface area (Å²) in [6, 6.07) is 5.22. The van der Waals surface area contributed by atoms with Crippen molar-refractivity contribution < 1.29 is 13.2 Å². The summed E-state index contributed by atoms with van der Waals surface area (Å²) in [6.45, 7) is 2.39. The van der Waals surface area contributed by atoms with Crippen LogP contribution in [0.2, 0.25) is 0 Å². The van der Waals surface area contributed by atoms with Crippen molar-refractivity contribution in [2.24, 2.45) is 11.1 Å². The number of anilines is 2. The van der Waals surface area contributed by atoms with E-state index in [9.17, 15) is 13.2 Å². The van der Waals surface area contributed by atoms with Gasteiger partial charge in [0.15, 0.2) is 0 Å². The molecule has 8 heteroatoms. The molecule has 2 rings (SSSR count). The van der Waals surface area contributed by atoms with Crippen LogP contribution in [-0.4, -0.2) is 27.1 Å². The third kappa shape index (κ3) is 6.49. The molecule has 1 saturated carbocycles. The molecular formula is C17H28ClN3O3S. The van der Waals surface area contributed by atoms with E-state index >= 15 is 0 Å². The van der Waals surface area contributed by atoms with Gasteiger partial charge in [-0.2, -0.15) is 0 Å². The van der Waals surface area contributed by atoms with Crippen LogP contribution in [0.25, 0.3) is 0 Å². The minimum absolute atomic E-state index is 0. The van der Waals surface area contributed by atoms with Gasteiger partial charge in [0.1, 0.15) is 0 Å². The minimum Gasteiger partial charge on any atom is -0.330 e. The molecule has 0 heterocycles. The second-order valence-corrected chi connectivity index (χ2v) is 8.66. The lowest BCUT2D eigenvalue weighted by molar-refractivity contribution is -0.118. The first-order valence-corrected chi connectivity index (χ1v) is 10.2. The van der Waals surface area contributed by atoms with E-state index in [1.54, 1.807) is 18.2 Å². The molecule has 4 N–H and O–H groups in total. The molecule has 0 unspecified atom stereocenters. The van der Waals surface area contributed by atoms with Gasteiger partial charge >= 0.3 is 0 Å². The lowest BCUT2D eigenvalue weighted by Gasteiger charge is -2.35. The van der Waals surface area contributed by atoms with Crippen LogP contribution >= 0.6 is 12.4 Å². The number of hydrogen-bond donors (Lipinski definition) is 3. The van der Waals surface area contributed by atoms with Crippen LogP contribution in [0.1, 0.15) is 44.1 Å². The van der Waals surface area contributed by atoms with Crippen LogP contribution in [0.4, 0.5) is 11.4 Å². The van der Waals surface area contributed by atoms with E-state index in [0.29, 0.717) is 24.3 Å². The quantitative estimate of drug-likeness (QED) is 0.695. The van der Waals surface area contributed by atoms with E-state index in [4.69, 9.17) is 5.73 Å². The molecule has 1 aliphatic rings. The van der Waals surface area contributed by atoms with Crippen molar-refractivity contribution in [1.29, 1.82) is 0 Å². The molecule has 0 atom stereocenters. The van der Waals surface area contributed by atoms with Crippen molar-refractivity contribution >= 4 is 39.7 Å². The highest BCUT2D eigenvalue weighted by atomic mass is 35.5. The molecule has 0 aromatic heterocycles. The molecule has 1 amide bonds. The molecule has 1 aromatic rings. The van der Waals surface area contributed by atoms with Gasteiger partial charge in [-0.05, 0) is 49.4 Å². The van der Waals surface area contributed by atoms with Crippen molar-refractivity contribution in [2.45, 2.75) is 45.4 Å². The number of carbonyl (C=O) groups excluding carboxylic acids is 1. The van der Waals surface area contributed by atoms with Crippen LogP contribution in [-0.2, 0) is 14.8 Å². The van der Waals surface area contributed by atoms with Crippen molar-refractivity contribution in [3.05, 3.63) is 23.8 Å². The van der Waals surface area contributed by atoms with E-state index in [0.717, 1.165) is 37.5 Å². The molecule has 0 bridgehead atoms. The maximum absolute atomic E-state index is 12.5. The van der Waals surface area contributed by atoms with E-state index in [1.807, 2.05) is 6.92 Å². The van der Waals surface area contributed by atoms with Gasteiger partial charge in [0, 0.05) is 6.42 Å². The molecule has 0 spiro atoms. The molecule has 1 aliphatic carbocycles. The van der Waals surface area contributed by atoms with Gasteiger partial charge in [-0.15, -0.1) is 12.4 Å². The summed E-state index contributed by atoms with van der Waals surface area (Å²) in [7, 11) is -3.41. The SMILES string of the molecule is Cc1ccc(NS(C)(=O)=O)c(NC(=O)CC2(CN)CCCCC2)c1.Cl. The number of rotatable bonds is 6. The Kier molecular flexibility index (Phi) is 7.71. The summed E-state index contributed by atoms with van der Waals surface area (Å²) < 4.78 is 25.4. The molecular weight excluding hydrogens is 362 g/mol. The molecule has 0 aliphatic heterocycles. The Morgan fingerprint density at radius 3 is 2.40 bits per heavy atom. The summed E-state index contributed by atoms with van der Waals surface area (Å²) >= 11 is 0. The number of amides is 1. The predicted molar refractivity (Wildman–Crippen MR) is 105 cm³/mol. The highest BCUT2D eigenvalue weighted by Crippen LogP contribution is 2.38. The van der Waals surface area contributed by atoms with Gasteiger partial charge in [-0.1, -0.05) is 25.3 Å². The average Bonchev–Trinajstić information content (AvgIpc) is 2.49. The Balaban J connectivity index is 0.00000312. The van der Waals surface area contributed by atoms with Crippen molar-refractivity contribution in [3.63, 3.8) is 0 Å². The van der Waals surface area contributed by atoms with E-state index in [1.165, 1.54) is 6.42 Å². The lowest BCUT2D eigenvalue weighted by atomic mass is 9.71. The Morgan fingerprint density at radius 1 is 1.20 bits per heavy atom. The van der Waals surface area contributed by atoms with Crippen LogP contribution in [0.15, 0.2) is 18.2 Å². The Morgan fingerprint density at radius 2 is 1.84 bits per heavy atom. The Hall–Kier alpha value is -1.31. The summed E-state index contributed by atoms with van der Waals surface area (Å²) in [6.07, 6.45) is 6.81. The van der Waals surface area contributed by atoms with E-state index in [-0.39, 0.29) is 23.7 Å². The smallest absolute Gasteiger partial charge is 0.229 e. The standard InChI is InChI=1S/C17H27N3O3S.ClH/c1-13-6-7-14(20-24(2,22)23)15(10-13)19-16(21)11-17(12-18)8-4-3-5-9-17;/h6-7,10,20H,3-5,8-9,11-12,18H2,1-2H3,(H,19,21);1H. The first-order valence-electron chi connectivity index (χ1n) is 8.31. The molecule has 0 radical (unpaired) electrons. The summed E-state index contributed by atoms with van der Waals surface area (Å²) in [4.78, 5) is 12.5. The number of aryl methyl sites for hydroxylation is 1. The molecule has 142 valence electrons. The predicted octanol–water partition coefficient (Wildman–Crippen LogP) is 3.03. The Labute approximate surface area is 156 Å². The fourth-order valence-electron chi connectivity index (χ4n) is 3.34. The van der Waals surface area contributed by atoms with Crippen molar-refractivity contribution in [2.75, 3.05) is 22.8 Å². The second-order valence-electron chi connectivity index (χ2n) is 6.91. The summed E-state index contributed by atoms with van der Waals surface area (Å²) in [5, 5.41) is 2.86. The van der Waals surface area contributed by atoms with Gasteiger partial charge < -0.3 is 11.1 Å². The number of carbonyl (C=O) groups is 1. The maximum Gasteiger partial charge on any atom is 0.229 e. The van der Waals surface area contributed by atoms with Crippen LogP contribution in [0.3, 0.4) is 0 Å². The lowest BCUT2D eigenvalue weighted by Crippen LogP contribution is -2.36. The number of sulfonamides is 1. The third-order valence-corrected chi connectivity index (χ3v) is 5.22. The fourth-order valence-corrected chi connectivity index (χ4v) is 3.92. The largest absolute Gasteiger partial charge is 0.330 e. The van der Waals surface area contributed by atoms with E-state index < -0.39 is 10.0 Å². The molecule has 0 saturated heterocycles. The third-order valence-electron chi connectivity index (χ3n) is 4.63. The molecule has 25 heavy (non-hydrogen) atoms. The molecule has 1 aromatic carbocycles. The first kappa shape index (κ1) is 21.7. The van der Waals surface area contributed by atoms with Gasteiger partial charge in [-0.25, -0.2) is 8.42 Å². The average molecular weight is 390 g/mol. The summed E-state index contributed by atoms with van der Waals surface area (Å²) in [5.41, 5.74) is 7.61. The molecule has 6 nitrogen and oxygen atoms in total. The highest BCUT2D eigenvalue weighted by molar-refractivity contribution is 7.92. The maximum atomic E-state index is 12.5. The fraction of sp³-hybridized carbons (Fsp3) is 0.588. The number of nitrogens with one attached hydrogen (secondary N) is 2. The topological polar surface area (TPSA) is 101 Å². The van der Waals surface area contributed by atoms with Gasteiger partial charge in [0.25, 0.3) is 0 Å².